The normalized spacial score (nSPS) is 10.4. The molecule has 0 atom stereocenters. The monoisotopic (exact) mass is 208 g/mol. The number of aliphatic carboxylic acids is 1. The van der Waals surface area contributed by atoms with Crippen molar-refractivity contribution in [1.82, 2.24) is 4.98 Å². The van der Waals surface area contributed by atoms with Gasteiger partial charge < -0.3 is 10.0 Å². The third-order valence-electron chi connectivity index (χ3n) is 2.20. The Balaban J connectivity index is 2.85. The van der Waals surface area contributed by atoms with Gasteiger partial charge in [0.15, 0.2) is 0 Å². The van der Waals surface area contributed by atoms with Gasteiger partial charge in [-0.2, -0.15) is 0 Å². The molecule has 1 N–H and O–H groups in total. The molecule has 0 amide bonds. The van der Waals surface area contributed by atoms with Crippen molar-refractivity contribution in [3.63, 3.8) is 0 Å². The van der Waals surface area contributed by atoms with Crippen LogP contribution in [0.5, 0.6) is 0 Å². The van der Waals surface area contributed by atoms with Crippen molar-refractivity contribution in [3.8, 4) is 0 Å². The van der Waals surface area contributed by atoms with E-state index in [1.54, 1.807) is 18.1 Å². The molecular weight excluding hydrogens is 192 g/mol. The average molecular weight is 208 g/mol. The molecule has 1 heterocycles. The molecule has 0 bridgehead atoms. The van der Waals surface area contributed by atoms with Gasteiger partial charge in [-0.25, -0.2) is 4.98 Å². The zero-order valence-electron chi connectivity index (χ0n) is 9.27. The topological polar surface area (TPSA) is 53.4 Å². The number of hydrogen-bond donors (Lipinski definition) is 1. The highest BCUT2D eigenvalue weighted by Gasteiger charge is 2.08. The summed E-state index contributed by atoms with van der Waals surface area (Å²) in [4.78, 5) is 16.3. The predicted octanol–water partition coefficient (Wildman–Crippen LogP) is 1.73. The van der Waals surface area contributed by atoms with Crippen molar-refractivity contribution in [2.45, 2.75) is 19.8 Å². The average Bonchev–Trinajstić information content (AvgIpc) is 2.17. The molecule has 0 aromatic carbocycles. The van der Waals surface area contributed by atoms with Gasteiger partial charge in [0.1, 0.15) is 12.4 Å². The van der Waals surface area contributed by atoms with Crippen LogP contribution < -0.4 is 4.90 Å². The summed E-state index contributed by atoms with van der Waals surface area (Å²) in [6.07, 6.45) is 1.71. The number of pyridine rings is 1. The molecule has 0 aliphatic rings. The molecule has 0 aliphatic heterocycles. The minimum atomic E-state index is -0.853. The summed E-state index contributed by atoms with van der Waals surface area (Å²) in [6, 6.07) is 3.87. The minimum Gasteiger partial charge on any atom is -0.480 e. The highest BCUT2D eigenvalue weighted by atomic mass is 16.4. The van der Waals surface area contributed by atoms with E-state index in [2.05, 4.69) is 18.8 Å². The SMILES string of the molecule is CC(C)c1ccnc(N(C)CC(=O)O)c1. The lowest BCUT2D eigenvalue weighted by Gasteiger charge is -2.16. The van der Waals surface area contributed by atoms with Crippen LogP contribution in [0.3, 0.4) is 0 Å². The molecule has 4 heteroatoms. The zero-order chi connectivity index (χ0) is 11.4. The molecule has 0 fully saturated rings. The summed E-state index contributed by atoms with van der Waals surface area (Å²) in [6.45, 7) is 4.15. The first-order chi connectivity index (χ1) is 7.00. The second kappa shape index (κ2) is 4.77. The van der Waals surface area contributed by atoms with E-state index in [0.717, 1.165) is 5.56 Å². The molecule has 0 saturated carbocycles. The lowest BCUT2D eigenvalue weighted by Crippen LogP contribution is -2.25. The Labute approximate surface area is 89.6 Å². The van der Waals surface area contributed by atoms with Crippen molar-refractivity contribution in [3.05, 3.63) is 23.9 Å². The molecule has 0 aliphatic carbocycles. The quantitative estimate of drug-likeness (QED) is 0.818. The van der Waals surface area contributed by atoms with Crippen LogP contribution >= 0.6 is 0 Å². The van der Waals surface area contributed by atoms with Gasteiger partial charge in [-0.3, -0.25) is 4.79 Å². The van der Waals surface area contributed by atoms with Gasteiger partial charge in [-0.1, -0.05) is 13.8 Å². The fourth-order valence-electron chi connectivity index (χ4n) is 1.29. The number of likely N-dealkylation sites (N-methyl/N-ethyl adjacent to an activating group) is 1. The molecule has 4 nitrogen and oxygen atoms in total. The number of carboxylic acids is 1. The van der Waals surface area contributed by atoms with E-state index in [9.17, 15) is 4.79 Å². The summed E-state index contributed by atoms with van der Waals surface area (Å²) < 4.78 is 0. The molecule has 0 spiro atoms. The summed E-state index contributed by atoms with van der Waals surface area (Å²) in [5.41, 5.74) is 1.16. The first-order valence-corrected chi connectivity index (χ1v) is 4.89. The van der Waals surface area contributed by atoms with Gasteiger partial charge in [0.25, 0.3) is 0 Å². The van der Waals surface area contributed by atoms with Crippen LogP contribution in [0.25, 0.3) is 0 Å². The zero-order valence-corrected chi connectivity index (χ0v) is 9.27. The summed E-state index contributed by atoms with van der Waals surface area (Å²) in [7, 11) is 1.72. The number of hydrogen-bond acceptors (Lipinski definition) is 3. The van der Waals surface area contributed by atoms with Gasteiger partial charge in [0.05, 0.1) is 0 Å². The third-order valence-corrected chi connectivity index (χ3v) is 2.20. The smallest absolute Gasteiger partial charge is 0.323 e. The largest absolute Gasteiger partial charge is 0.480 e. The first-order valence-electron chi connectivity index (χ1n) is 4.89. The van der Waals surface area contributed by atoms with E-state index >= 15 is 0 Å². The highest BCUT2D eigenvalue weighted by molar-refractivity contribution is 5.72. The number of carboxylic acid groups (broad SMARTS) is 1. The van der Waals surface area contributed by atoms with Crippen LogP contribution in [-0.2, 0) is 4.79 Å². The van der Waals surface area contributed by atoms with Crippen LogP contribution in [0.2, 0.25) is 0 Å². The van der Waals surface area contributed by atoms with Gasteiger partial charge in [0, 0.05) is 13.2 Å². The van der Waals surface area contributed by atoms with E-state index in [-0.39, 0.29) is 6.54 Å². The van der Waals surface area contributed by atoms with E-state index < -0.39 is 5.97 Å². The molecule has 1 aromatic rings. The predicted molar refractivity (Wildman–Crippen MR) is 59.2 cm³/mol. The first kappa shape index (κ1) is 11.5. The van der Waals surface area contributed by atoms with E-state index in [4.69, 9.17) is 5.11 Å². The number of nitrogens with zero attached hydrogens (tertiary/aromatic N) is 2. The summed E-state index contributed by atoms with van der Waals surface area (Å²) >= 11 is 0. The highest BCUT2D eigenvalue weighted by Crippen LogP contribution is 2.18. The lowest BCUT2D eigenvalue weighted by atomic mass is 10.1. The molecule has 0 unspecified atom stereocenters. The van der Waals surface area contributed by atoms with Crippen molar-refractivity contribution < 1.29 is 9.90 Å². The van der Waals surface area contributed by atoms with E-state index in [0.29, 0.717) is 11.7 Å². The molecule has 1 aromatic heterocycles. The van der Waals surface area contributed by atoms with Crippen LogP contribution in [0.15, 0.2) is 18.3 Å². The maximum absolute atomic E-state index is 10.5. The molecule has 82 valence electrons. The molecule has 15 heavy (non-hydrogen) atoms. The van der Waals surface area contributed by atoms with Crippen molar-refractivity contribution >= 4 is 11.8 Å². The maximum Gasteiger partial charge on any atom is 0.323 e. The minimum absolute atomic E-state index is 0.0332. The van der Waals surface area contributed by atoms with Gasteiger partial charge >= 0.3 is 5.97 Å². The number of carbonyl (C=O) groups is 1. The van der Waals surface area contributed by atoms with Crippen molar-refractivity contribution in [2.75, 3.05) is 18.5 Å². The Hall–Kier alpha value is -1.58. The Morgan fingerprint density at radius 2 is 2.27 bits per heavy atom. The van der Waals surface area contributed by atoms with Crippen LogP contribution in [0.4, 0.5) is 5.82 Å². The standard InChI is InChI=1S/C11H16N2O2/c1-8(2)9-4-5-12-10(6-9)13(3)7-11(14)15/h4-6,8H,7H2,1-3H3,(H,14,15). The van der Waals surface area contributed by atoms with E-state index in [1.165, 1.54) is 0 Å². The molecule has 1 rings (SSSR count). The molecule has 0 radical (unpaired) electrons. The van der Waals surface area contributed by atoms with Gasteiger partial charge in [0.2, 0.25) is 0 Å². The molecule has 0 saturated heterocycles. The fraction of sp³-hybridized carbons (Fsp3) is 0.455. The Kier molecular flexibility index (Phi) is 3.66. The van der Waals surface area contributed by atoms with E-state index in [1.807, 2.05) is 12.1 Å². The maximum atomic E-state index is 10.5. The number of aromatic nitrogens is 1. The summed E-state index contributed by atoms with van der Waals surface area (Å²) in [5.74, 6) is 0.267. The van der Waals surface area contributed by atoms with Crippen LogP contribution in [-0.4, -0.2) is 29.7 Å². The van der Waals surface area contributed by atoms with Gasteiger partial charge in [-0.15, -0.1) is 0 Å². The second-order valence-corrected chi connectivity index (χ2v) is 3.85. The number of anilines is 1. The Bertz CT molecular complexity index is 350. The lowest BCUT2D eigenvalue weighted by molar-refractivity contribution is -0.135. The van der Waals surface area contributed by atoms with Gasteiger partial charge in [-0.05, 0) is 23.6 Å². The van der Waals surface area contributed by atoms with Crippen molar-refractivity contribution in [1.29, 1.82) is 0 Å². The summed E-state index contributed by atoms with van der Waals surface area (Å²) in [5, 5.41) is 8.65. The fourth-order valence-corrected chi connectivity index (χ4v) is 1.29. The third kappa shape index (κ3) is 3.23. The number of rotatable bonds is 4. The Morgan fingerprint density at radius 3 is 2.80 bits per heavy atom. The van der Waals surface area contributed by atoms with Crippen LogP contribution in [0.1, 0.15) is 25.3 Å². The van der Waals surface area contributed by atoms with Crippen LogP contribution in [0, 0.1) is 0 Å². The Morgan fingerprint density at radius 1 is 1.60 bits per heavy atom. The van der Waals surface area contributed by atoms with Crippen molar-refractivity contribution in [2.24, 2.45) is 0 Å². The second-order valence-electron chi connectivity index (χ2n) is 3.85. The molecular formula is C11H16N2O2.